The number of fused-ring (bicyclic) bond motifs is 1. The third-order valence-electron chi connectivity index (χ3n) is 4.06. The van der Waals surface area contributed by atoms with Gasteiger partial charge in [0.2, 0.25) is 0 Å². The van der Waals surface area contributed by atoms with Crippen molar-refractivity contribution in [2.45, 2.75) is 44.1 Å². The summed E-state index contributed by atoms with van der Waals surface area (Å²) >= 11 is 0. The number of hydrogen-bond acceptors (Lipinski definition) is 3. The molecular formula is C11H19NO2. The van der Waals surface area contributed by atoms with Crippen LogP contribution in [0.2, 0.25) is 0 Å². The van der Waals surface area contributed by atoms with Crippen LogP contribution in [0.15, 0.2) is 0 Å². The minimum atomic E-state index is -0.667. The lowest BCUT2D eigenvalue weighted by molar-refractivity contribution is -0.149. The van der Waals surface area contributed by atoms with Gasteiger partial charge >= 0.3 is 5.97 Å². The molecule has 3 atom stereocenters. The van der Waals surface area contributed by atoms with Crippen molar-refractivity contribution in [1.82, 2.24) is 0 Å². The minimum absolute atomic E-state index is 0.202. The standard InChI is InChI=1S/C11H19NO2/c1-14-10(13)11(12)7-6-8-4-2-3-5-9(8)11/h8-9H,2-7,12H2,1H3. The number of esters is 1. The number of ether oxygens (including phenoxy) is 1. The van der Waals surface area contributed by atoms with Gasteiger partial charge in [-0.2, -0.15) is 0 Å². The van der Waals surface area contributed by atoms with Gasteiger partial charge in [-0.3, -0.25) is 4.79 Å². The van der Waals surface area contributed by atoms with Gasteiger partial charge in [0.25, 0.3) is 0 Å². The average Bonchev–Trinajstić information content (AvgIpc) is 2.58. The predicted molar refractivity (Wildman–Crippen MR) is 53.6 cm³/mol. The molecule has 2 saturated carbocycles. The van der Waals surface area contributed by atoms with Crippen LogP contribution in [0.25, 0.3) is 0 Å². The molecule has 0 radical (unpaired) electrons. The lowest BCUT2D eigenvalue weighted by Gasteiger charge is -2.34. The molecule has 0 aromatic heterocycles. The second-order valence-electron chi connectivity index (χ2n) is 4.72. The second kappa shape index (κ2) is 3.54. The Labute approximate surface area is 85.0 Å². The van der Waals surface area contributed by atoms with Crippen molar-refractivity contribution in [3.8, 4) is 0 Å². The Morgan fingerprint density at radius 3 is 2.79 bits per heavy atom. The number of rotatable bonds is 1. The lowest BCUT2D eigenvalue weighted by Crippen LogP contribution is -2.53. The largest absolute Gasteiger partial charge is 0.468 e. The van der Waals surface area contributed by atoms with E-state index in [4.69, 9.17) is 10.5 Å². The average molecular weight is 197 g/mol. The Morgan fingerprint density at radius 1 is 1.36 bits per heavy atom. The van der Waals surface area contributed by atoms with E-state index in [9.17, 15) is 4.79 Å². The van der Waals surface area contributed by atoms with Crippen molar-refractivity contribution in [2.75, 3.05) is 7.11 Å². The van der Waals surface area contributed by atoms with Gasteiger partial charge in [-0.1, -0.05) is 19.3 Å². The molecule has 0 aromatic rings. The van der Waals surface area contributed by atoms with E-state index < -0.39 is 5.54 Å². The fourth-order valence-corrected chi connectivity index (χ4v) is 3.28. The monoisotopic (exact) mass is 197 g/mol. The maximum absolute atomic E-state index is 11.6. The summed E-state index contributed by atoms with van der Waals surface area (Å²) in [5, 5.41) is 0. The van der Waals surface area contributed by atoms with E-state index in [1.807, 2.05) is 0 Å². The number of carbonyl (C=O) groups excluding carboxylic acids is 1. The van der Waals surface area contributed by atoms with Crippen molar-refractivity contribution in [3.63, 3.8) is 0 Å². The van der Waals surface area contributed by atoms with Crippen LogP contribution in [0, 0.1) is 11.8 Å². The first-order valence-electron chi connectivity index (χ1n) is 5.56. The quantitative estimate of drug-likeness (QED) is 0.647. The zero-order chi connectivity index (χ0) is 10.2. The smallest absolute Gasteiger partial charge is 0.326 e. The summed E-state index contributed by atoms with van der Waals surface area (Å²) in [6.45, 7) is 0. The molecule has 2 rings (SSSR count). The van der Waals surface area contributed by atoms with Gasteiger partial charge in [0.1, 0.15) is 5.54 Å². The summed E-state index contributed by atoms with van der Waals surface area (Å²) in [7, 11) is 1.44. The lowest BCUT2D eigenvalue weighted by atomic mass is 9.75. The minimum Gasteiger partial charge on any atom is -0.468 e. The van der Waals surface area contributed by atoms with Gasteiger partial charge in [0, 0.05) is 0 Å². The number of hydrogen-bond donors (Lipinski definition) is 1. The molecule has 2 aliphatic carbocycles. The van der Waals surface area contributed by atoms with Gasteiger partial charge < -0.3 is 10.5 Å². The molecule has 0 heterocycles. The summed E-state index contributed by atoms with van der Waals surface area (Å²) in [6.07, 6.45) is 6.80. The van der Waals surface area contributed by atoms with Gasteiger partial charge in [-0.15, -0.1) is 0 Å². The first-order valence-corrected chi connectivity index (χ1v) is 5.56. The van der Waals surface area contributed by atoms with E-state index in [1.54, 1.807) is 0 Å². The van der Waals surface area contributed by atoms with E-state index in [0.717, 1.165) is 19.3 Å². The van der Waals surface area contributed by atoms with Gasteiger partial charge in [0.15, 0.2) is 0 Å². The summed E-state index contributed by atoms with van der Waals surface area (Å²) in [6, 6.07) is 0. The highest BCUT2D eigenvalue weighted by Crippen LogP contribution is 2.47. The highest BCUT2D eigenvalue weighted by atomic mass is 16.5. The molecule has 3 unspecified atom stereocenters. The highest BCUT2D eigenvalue weighted by molar-refractivity contribution is 5.81. The van der Waals surface area contributed by atoms with Crippen LogP contribution in [-0.2, 0) is 9.53 Å². The molecule has 0 spiro atoms. The molecule has 2 fully saturated rings. The molecule has 0 aromatic carbocycles. The van der Waals surface area contributed by atoms with Crippen LogP contribution in [0.5, 0.6) is 0 Å². The maximum atomic E-state index is 11.6. The van der Waals surface area contributed by atoms with Crippen molar-refractivity contribution >= 4 is 5.97 Å². The Bertz CT molecular complexity index is 241. The van der Waals surface area contributed by atoms with Crippen molar-refractivity contribution < 1.29 is 9.53 Å². The third kappa shape index (κ3) is 1.34. The van der Waals surface area contributed by atoms with Gasteiger partial charge in [-0.05, 0) is 31.1 Å². The van der Waals surface area contributed by atoms with Crippen molar-refractivity contribution in [1.29, 1.82) is 0 Å². The zero-order valence-corrected chi connectivity index (χ0v) is 8.79. The SMILES string of the molecule is COC(=O)C1(N)CCC2CCCCC21. The summed E-state index contributed by atoms with van der Waals surface area (Å²) in [5.41, 5.74) is 5.53. The molecule has 2 aliphatic rings. The number of nitrogens with two attached hydrogens (primary N) is 1. The first-order chi connectivity index (χ1) is 6.68. The Kier molecular flexibility index (Phi) is 2.52. The molecule has 0 aliphatic heterocycles. The maximum Gasteiger partial charge on any atom is 0.326 e. The molecule has 0 bridgehead atoms. The van der Waals surface area contributed by atoms with Crippen LogP contribution in [0.4, 0.5) is 0 Å². The fraction of sp³-hybridized carbons (Fsp3) is 0.909. The van der Waals surface area contributed by atoms with E-state index in [2.05, 4.69) is 0 Å². The molecule has 3 heteroatoms. The molecule has 2 N–H and O–H groups in total. The molecule has 0 saturated heterocycles. The van der Waals surface area contributed by atoms with Crippen LogP contribution >= 0.6 is 0 Å². The van der Waals surface area contributed by atoms with E-state index in [0.29, 0.717) is 11.8 Å². The summed E-state index contributed by atoms with van der Waals surface area (Å²) < 4.78 is 4.82. The van der Waals surface area contributed by atoms with Crippen LogP contribution < -0.4 is 5.73 Å². The molecular weight excluding hydrogens is 178 g/mol. The summed E-state index contributed by atoms with van der Waals surface area (Å²) in [4.78, 5) is 11.6. The molecule has 14 heavy (non-hydrogen) atoms. The fourth-order valence-electron chi connectivity index (χ4n) is 3.28. The van der Waals surface area contributed by atoms with Gasteiger partial charge in [0.05, 0.1) is 7.11 Å². The number of methoxy groups -OCH3 is 1. The zero-order valence-electron chi connectivity index (χ0n) is 8.79. The molecule has 3 nitrogen and oxygen atoms in total. The van der Waals surface area contributed by atoms with E-state index >= 15 is 0 Å². The Morgan fingerprint density at radius 2 is 2.07 bits per heavy atom. The predicted octanol–water partition coefficient (Wildman–Crippen LogP) is 1.46. The molecule has 80 valence electrons. The normalized spacial score (nSPS) is 41.9. The Hall–Kier alpha value is -0.570. The van der Waals surface area contributed by atoms with Crippen LogP contribution in [0.1, 0.15) is 38.5 Å². The highest BCUT2D eigenvalue weighted by Gasteiger charge is 2.51. The second-order valence-corrected chi connectivity index (χ2v) is 4.72. The van der Waals surface area contributed by atoms with Crippen molar-refractivity contribution in [3.05, 3.63) is 0 Å². The van der Waals surface area contributed by atoms with Gasteiger partial charge in [-0.25, -0.2) is 0 Å². The van der Waals surface area contributed by atoms with Crippen LogP contribution in [-0.4, -0.2) is 18.6 Å². The number of carbonyl (C=O) groups is 1. The van der Waals surface area contributed by atoms with Crippen molar-refractivity contribution in [2.24, 2.45) is 17.6 Å². The van der Waals surface area contributed by atoms with Crippen LogP contribution in [0.3, 0.4) is 0 Å². The molecule has 0 amide bonds. The third-order valence-corrected chi connectivity index (χ3v) is 4.06. The topological polar surface area (TPSA) is 52.3 Å². The Balaban J connectivity index is 2.16. The van der Waals surface area contributed by atoms with E-state index in [-0.39, 0.29) is 5.97 Å². The summed E-state index contributed by atoms with van der Waals surface area (Å²) in [5.74, 6) is 0.850. The van der Waals surface area contributed by atoms with E-state index in [1.165, 1.54) is 26.4 Å². The first kappa shape index (κ1) is 9.97.